The number of benzene rings is 2. The first kappa shape index (κ1) is 14.4. The van der Waals surface area contributed by atoms with Gasteiger partial charge < -0.3 is 10.2 Å². The number of nitrogens with one attached hydrogen (secondary N) is 1. The van der Waals surface area contributed by atoms with Crippen molar-refractivity contribution in [3.8, 4) is 0 Å². The zero-order valence-corrected chi connectivity index (χ0v) is 13.8. The molecule has 2 nitrogen and oxygen atoms in total. The van der Waals surface area contributed by atoms with E-state index in [0.29, 0.717) is 4.47 Å². The highest BCUT2D eigenvalue weighted by Crippen LogP contribution is 2.28. The number of halogens is 2. The Hall–Kier alpha value is -1.55. The van der Waals surface area contributed by atoms with Gasteiger partial charge in [-0.2, -0.15) is 0 Å². The highest BCUT2D eigenvalue weighted by Gasteiger charge is 2.15. The molecule has 1 N–H and O–H groups in total. The molecule has 1 aliphatic heterocycles. The Morgan fingerprint density at radius 1 is 1.29 bits per heavy atom. The van der Waals surface area contributed by atoms with Gasteiger partial charge in [0.05, 0.1) is 4.47 Å². The van der Waals surface area contributed by atoms with Crippen molar-refractivity contribution in [3.63, 3.8) is 0 Å². The fraction of sp³-hybridized carbons (Fsp3) is 0.294. The third-order valence-electron chi connectivity index (χ3n) is 4.02. The van der Waals surface area contributed by atoms with E-state index in [-0.39, 0.29) is 5.82 Å². The molecule has 0 radical (unpaired) electrons. The second-order valence-corrected chi connectivity index (χ2v) is 6.42. The summed E-state index contributed by atoms with van der Waals surface area (Å²) in [6.07, 6.45) is 1.11. The monoisotopic (exact) mass is 348 g/mol. The zero-order chi connectivity index (χ0) is 15.0. The molecular weight excluding hydrogens is 331 g/mol. The summed E-state index contributed by atoms with van der Waals surface area (Å²) in [6, 6.07) is 9.95. The van der Waals surface area contributed by atoms with Crippen LogP contribution in [0.5, 0.6) is 0 Å². The van der Waals surface area contributed by atoms with Crippen LogP contribution in [0.1, 0.15) is 16.7 Å². The first-order chi connectivity index (χ1) is 10.0. The van der Waals surface area contributed by atoms with E-state index in [2.05, 4.69) is 51.4 Å². The molecule has 110 valence electrons. The third-order valence-corrected chi connectivity index (χ3v) is 4.63. The predicted molar refractivity (Wildman–Crippen MR) is 89.6 cm³/mol. The van der Waals surface area contributed by atoms with Gasteiger partial charge in [0.2, 0.25) is 0 Å². The van der Waals surface area contributed by atoms with Crippen LogP contribution in [-0.4, -0.2) is 13.6 Å². The molecule has 0 amide bonds. The third kappa shape index (κ3) is 2.91. The topological polar surface area (TPSA) is 15.3 Å². The average Bonchev–Trinajstić information content (AvgIpc) is 2.82. The van der Waals surface area contributed by atoms with Gasteiger partial charge in [-0.05, 0) is 64.2 Å². The zero-order valence-electron chi connectivity index (χ0n) is 12.2. The number of hydrogen-bond donors (Lipinski definition) is 1. The smallest absolute Gasteiger partial charge is 0.137 e. The first-order valence-electron chi connectivity index (χ1n) is 7.07. The lowest BCUT2D eigenvalue weighted by Gasteiger charge is -2.14. The van der Waals surface area contributed by atoms with E-state index < -0.39 is 0 Å². The minimum Gasteiger partial charge on any atom is -0.381 e. The molecule has 0 atom stereocenters. The van der Waals surface area contributed by atoms with Crippen LogP contribution in [0.15, 0.2) is 34.8 Å². The molecule has 21 heavy (non-hydrogen) atoms. The minimum atomic E-state index is -0.224. The Bertz CT molecular complexity index is 685. The molecule has 0 bridgehead atoms. The van der Waals surface area contributed by atoms with Crippen molar-refractivity contribution in [2.45, 2.75) is 19.9 Å². The minimum absolute atomic E-state index is 0.224. The van der Waals surface area contributed by atoms with Crippen molar-refractivity contribution < 1.29 is 4.39 Å². The molecule has 0 unspecified atom stereocenters. The van der Waals surface area contributed by atoms with Crippen LogP contribution in [0.2, 0.25) is 0 Å². The molecule has 3 rings (SSSR count). The Morgan fingerprint density at radius 3 is 2.90 bits per heavy atom. The van der Waals surface area contributed by atoms with E-state index in [9.17, 15) is 4.39 Å². The Labute approximate surface area is 133 Å². The molecular formula is C17H18BrFN2. The van der Waals surface area contributed by atoms with Gasteiger partial charge in [0.1, 0.15) is 5.82 Å². The van der Waals surface area contributed by atoms with Crippen LogP contribution < -0.4 is 10.2 Å². The number of anilines is 2. The number of fused-ring (bicyclic) bond motifs is 1. The summed E-state index contributed by atoms with van der Waals surface area (Å²) in [7, 11) is 2.13. The molecule has 2 aromatic rings. The lowest BCUT2D eigenvalue weighted by atomic mass is 10.1. The van der Waals surface area contributed by atoms with E-state index >= 15 is 0 Å². The maximum atomic E-state index is 13.4. The number of likely N-dealkylation sites (N-methyl/N-ethyl adjacent to an activating group) is 1. The highest BCUT2D eigenvalue weighted by atomic mass is 79.9. The number of nitrogens with zero attached hydrogens (tertiary/aromatic N) is 1. The van der Waals surface area contributed by atoms with Gasteiger partial charge in [0.15, 0.2) is 0 Å². The summed E-state index contributed by atoms with van der Waals surface area (Å²) in [5, 5.41) is 3.39. The van der Waals surface area contributed by atoms with Crippen molar-refractivity contribution >= 4 is 27.3 Å². The molecule has 0 spiro atoms. The molecule has 0 saturated carbocycles. The highest BCUT2D eigenvalue weighted by molar-refractivity contribution is 9.10. The summed E-state index contributed by atoms with van der Waals surface area (Å²) < 4.78 is 13.9. The first-order valence-corrected chi connectivity index (χ1v) is 7.86. The van der Waals surface area contributed by atoms with Crippen molar-refractivity contribution in [2.75, 3.05) is 23.8 Å². The molecule has 4 heteroatoms. The maximum absolute atomic E-state index is 13.4. The Balaban J connectivity index is 1.75. The molecule has 0 saturated heterocycles. The van der Waals surface area contributed by atoms with E-state index in [0.717, 1.165) is 30.8 Å². The van der Waals surface area contributed by atoms with Crippen molar-refractivity contribution in [1.29, 1.82) is 0 Å². The number of aryl methyl sites for hydroxylation is 1. The second-order valence-electron chi connectivity index (χ2n) is 5.57. The lowest BCUT2D eigenvalue weighted by molar-refractivity contribution is 0.620. The number of rotatable bonds is 3. The van der Waals surface area contributed by atoms with Gasteiger partial charge in [-0.1, -0.05) is 12.1 Å². The predicted octanol–water partition coefficient (Wildman–Crippen LogP) is 4.50. The van der Waals surface area contributed by atoms with Crippen molar-refractivity contribution in [2.24, 2.45) is 0 Å². The Morgan fingerprint density at radius 2 is 2.10 bits per heavy atom. The molecule has 1 heterocycles. The second kappa shape index (κ2) is 5.68. The fourth-order valence-corrected chi connectivity index (χ4v) is 3.11. The molecule has 1 aliphatic rings. The maximum Gasteiger partial charge on any atom is 0.137 e. The van der Waals surface area contributed by atoms with Gasteiger partial charge in [-0.3, -0.25) is 0 Å². The van der Waals surface area contributed by atoms with E-state index in [4.69, 9.17) is 0 Å². The van der Waals surface area contributed by atoms with Crippen LogP contribution in [0.4, 0.5) is 15.8 Å². The van der Waals surface area contributed by atoms with Crippen LogP contribution in [0, 0.1) is 12.7 Å². The normalized spacial score (nSPS) is 13.4. The molecule has 0 aromatic heterocycles. The number of hydrogen-bond acceptors (Lipinski definition) is 2. The van der Waals surface area contributed by atoms with Gasteiger partial charge >= 0.3 is 0 Å². The fourth-order valence-electron chi connectivity index (χ4n) is 2.76. The van der Waals surface area contributed by atoms with Crippen LogP contribution >= 0.6 is 15.9 Å². The van der Waals surface area contributed by atoms with Gasteiger partial charge in [0.25, 0.3) is 0 Å². The summed E-state index contributed by atoms with van der Waals surface area (Å²) in [6.45, 7) is 3.75. The SMILES string of the molecule is Cc1cc(F)c(Br)cc1NCc1ccc2c(c1)CCN2C. The quantitative estimate of drug-likeness (QED) is 0.878. The molecule has 0 fully saturated rings. The van der Waals surface area contributed by atoms with E-state index in [1.807, 2.05) is 6.92 Å². The van der Waals surface area contributed by atoms with Crippen LogP contribution in [0.25, 0.3) is 0 Å². The average molecular weight is 349 g/mol. The summed E-state index contributed by atoms with van der Waals surface area (Å²) in [5.41, 5.74) is 5.87. The molecule has 2 aromatic carbocycles. The largest absolute Gasteiger partial charge is 0.381 e. The van der Waals surface area contributed by atoms with Gasteiger partial charge in [0, 0.05) is 31.5 Å². The van der Waals surface area contributed by atoms with Crippen LogP contribution in [0.3, 0.4) is 0 Å². The standard InChI is InChI=1S/C17H18BrFN2/c1-11-7-15(19)14(18)9-16(11)20-10-12-3-4-17-13(8-12)5-6-21(17)2/h3-4,7-9,20H,5-6,10H2,1-2H3. The van der Waals surface area contributed by atoms with Gasteiger partial charge in [-0.25, -0.2) is 4.39 Å². The van der Waals surface area contributed by atoms with Crippen LogP contribution in [-0.2, 0) is 13.0 Å². The Kier molecular flexibility index (Phi) is 3.89. The molecule has 0 aliphatic carbocycles. The van der Waals surface area contributed by atoms with Crippen molar-refractivity contribution in [3.05, 3.63) is 57.3 Å². The van der Waals surface area contributed by atoms with E-state index in [1.165, 1.54) is 16.8 Å². The summed E-state index contributed by atoms with van der Waals surface area (Å²) in [5.74, 6) is -0.224. The van der Waals surface area contributed by atoms with Gasteiger partial charge in [-0.15, -0.1) is 0 Å². The van der Waals surface area contributed by atoms with Crippen molar-refractivity contribution in [1.82, 2.24) is 0 Å². The summed E-state index contributed by atoms with van der Waals surface area (Å²) >= 11 is 3.23. The lowest BCUT2D eigenvalue weighted by Crippen LogP contribution is -2.12. The van der Waals surface area contributed by atoms with E-state index in [1.54, 1.807) is 12.1 Å². The summed E-state index contributed by atoms with van der Waals surface area (Å²) in [4.78, 5) is 2.29.